The molecule has 46 heavy (non-hydrogen) atoms. The number of esters is 1. The number of ether oxygens (including phenoxy) is 3. The predicted molar refractivity (Wildman–Crippen MR) is 170 cm³/mol. The van der Waals surface area contributed by atoms with E-state index in [1.165, 1.54) is 25.5 Å². The zero-order valence-corrected chi connectivity index (χ0v) is 26.2. The molecule has 6 atom stereocenters. The van der Waals surface area contributed by atoms with E-state index in [0.29, 0.717) is 36.5 Å². The number of carbonyl (C=O) groups excluding carboxylic acids is 2. The van der Waals surface area contributed by atoms with Gasteiger partial charge in [-0.25, -0.2) is 0 Å². The molecule has 1 N–H and O–H groups in total. The number of benzene rings is 3. The first kappa shape index (κ1) is 28.4. The number of amides is 1. The van der Waals surface area contributed by atoms with Gasteiger partial charge in [0.15, 0.2) is 11.5 Å². The van der Waals surface area contributed by atoms with Crippen LogP contribution in [0.2, 0.25) is 0 Å². The zero-order valence-electron chi connectivity index (χ0n) is 26.2. The van der Waals surface area contributed by atoms with Gasteiger partial charge in [0.2, 0.25) is 0 Å². The van der Waals surface area contributed by atoms with Crippen LogP contribution in [-0.4, -0.2) is 70.8 Å². The van der Waals surface area contributed by atoms with Gasteiger partial charge in [-0.2, -0.15) is 0 Å². The van der Waals surface area contributed by atoms with E-state index < -0.39 is 23.2 Å². The number of hydrogen-bond acceptors (Lipinski definition) is 7. The Hall–Kier alpha value is -3.88. The minimum absolute atomic E-state index is 0.0132. The average Bonchev–Trinajstić information content (AvgIpc) is 3.76. The van der Waals surface area contributed by atoms with Gasteiger partial charge in [0.1, 0.15) is 12.7 Å². The summed E-state index contributed by atoms with van der Waals surface area (Å²) in [4.78, 5) is 31.5. The minimum Gasteiger partial charge on any atom is -0.485 e. The van der Waals surface area contributed by atoms with Crippen molar-refractivity contribution in [3.05, 3.63) is 94.5 Å². The highest BCUT2D eigenvalue weighted by atomic mass is 16.5. The minimum atomic E-state index is -1.01. The van der Waals surface area contributed by atoms with Crippen molar-refractivity contribution in [3.63, 3.8) is 0 Å². The van der Waals surface area contributed by atoms with Crippen LogP contribution in [0.5, 0.6) is 11.5 Å². The molecule has 3 aromatic rings. The second-order valence-electron chi connectivity index (χ2n) is 14.2. The Labute approximate surface area is 269 Å². The Kier molecular flexibility index (Phi) is 6.35. The molecule has 3 aliphatic heterocycles. The normalized spacial score (nSPS) is 32.0. The summed E-state index contributed by atoms with van der Waals surface area (Å²) in [6.07, 6.45) is 4.77. The Balaban J connectivity index is 1.16. The third-order valence-electron chi connectivity index (χ3n) is 12.0. The van der Waals surface area contributed by atoms with Crippen LogP contribution in [-0.2, 0) is 28.0 Å². The number of piperidine rings is 1. The first-order valence-electron chi connectivity index (χ1n) is 16.9. The predicted octanol–water partition coefficient (Wildman–Crippen LogP) is 4.96. The van der Waals surface area contributed by atoms with Crippen LogP contribution in [0.4, 0.5) is 0 Å². The molecule has 2 bridgehead atoms. The Morgan fingerprint density at radius 3 is 2.63 bits per heavy atom. The molecule has 1 amide bonds. The fraction of sp³-hybridized carbons (Fsp3) is 0.474. The largest absolute Gasteiger partial charge is 0.485 e. The number of hydrogen-bond donors (Lipinski definition) is 1. The van der Waals surface area contributed by atoms with Crippen LogP contribution < -0.4 is 9.47 Å². The van der Waals surface area contributed by atoms with Crippen LogP contribution in [0.15, 0.2) is 66.7 Å². The van der Waals surface area contributed by atoms with E-state index in [9.17, 15) is 14.7 Å². The van der Waals surface area contributed by atoms with Crippen molar-refractivity contribution >= 4 is 11.9 Å². The number of aliphatic hydroxyl groups is 1. The third-order valence-corrected chi connectivity index (χ3v) is 12.0. The van der Waals surface area contributed by atoms with Crippen molar-refractivity contribution in [2.75, 3.05) is 20.2 Å². The van der Waals surface area contributed by atoms with E-state index >= 15 is 0 Å². The fourth-order valence-electron chi connectivity index (χ4n) is 9.82. The highest BCUT2D eigenvalue weighted by Gasteiger charge is 2.74. The molecule has 0 aromatic heterocycles. The molecule has 1 spiro atoms. The van der Waals surface area contributed by atoms with Crippen LogP contribution in [0, 0.1) is 5.92 Å². The lowest BCUT2D eigenvalue weighted by atomic mass is 9.48. The molecule has 1 saturated heterocycles. The molecule has 1 unspecified atom stereocenters. The molecule has 8 heteroatoms. The van der Waals surface area contributed by atoms with Crippen LogP contribution in [0.1, 0.15) is 77.2 Å². The molecule has 3 fully saturated rings. The number of methoxy groups -OCH3 is 1. The number of fused-ring (bicyclic) bond motifs is 1. The molecule has 0 radical (unpaired) electrons. The first-order chi connectivity index (χ1) is 22.4. The quantitative estimate of drug-likeness (QED) is 0.357. The van der Waals surface area contributed by atoms with Gasteiger partial charge in [-0.05, 0) is 79.8 Å². The van der Waals surface area contributed by atoms with E-state index in [4.69, 9.17) is 14.2 Å². The van der Waals surface area contributed by atoms with Crippen molar-refractivity contribution in [2.45, 2.75) is 86.8 Å². The van der Waals surface area contributed by atoms with E-state index in [2.05, 4.69) is 11.0 Å². The molecule has 2 saturated carbocycles. The highest BCUT2D eigenvalue weighted by molar-refractivity contribution is 6.00. The van der Waals surface area contributed by atoms with E-state index in [0.717, 1.165) is 48.5 Å². The van der Waals surface area contributed by atoms with Gasteiger partial charge in [0.05, 0.1) is 36.6 Å². The summed E-state index contributed by atoms with van der Waals surface area (Å²) in [6.45, 7) is 2.31. The molecule has 3 aliphatic carbocycles. The Morgan fingerprint density at radius 1 is 1.02 bits per heavy atom. The van der Waals surface area contributed by atoms with E-state index in [-0.39, 0.29) is 30.4 Å². The molecule has 3 aromatic carbocycles. The SMILES string of the molecule is COC(=O)CC1c2ccccc2C(=O)N1[C@@H]1CC[C@@]2(O)[C@@H]3Cc4ccc(OCc5ccccc5)c5c4[C@@]2(CCN3CC2CC2)[C@H]1O5. The van der Waals surface area contributed by atoms with Crippen molar-refractivity contribution in [3.8, 4) is 11.5 Å². The van der Waals surface area contributed by atoms with Gasteiger partial charge >= 0.3 is 5.97 Å². The Bertz CT molecular complexity index is 1720. The summed E-state index contributed by atoms with van der Waals surface area (Å²) in [7, 11) is 1.39. The number of nitrogens with zero attached hydrogens (tertiary/aromatic N) is 2. The molecule has 238 valence electrons. The van der Waals surface area contributed by atoms with Crippen molar-refractivity contribution in [1.82, 2.24) is 9.80 Å². The fourth-order valence-corrected chi connectivity index (χ4v) is 9.82. The Morgan fingerprint density at radius 2 is 1.83 bits per heavy atom. The molecular formula is C38H40N2O6. The van der Waals surface area contributed by atoms with Gasteiger partial charge in [0, 0.05) is 23.7 Å². The van der Waals surface area contributed by atoms with Gasteiger partial charge in [-0.1, -0.05) is 54.6 Å². The summed E-state index contributed by atoms with van der Waals surface area (Å²) >= 11 is 0. The van der Waals surface area contributed by atoms with Gasteiger partial charge in [0.25, 0.3) is 5.91 Å². The third kappa shape index (κ3) is 3.92. The van der Waals surface area contributed by atoms with Crippen LogP contribution in [0.25, 0.3) is 0 Å². The topological polar surface area (TPSA) is 88.5 Å². The standard InChI is InChI=1S/C38H40N2O6/c1-44-32(41)20-29-26-9-5-6-10-27(26)36(42)40(29)28-15-16-38(43)31-19-25-13-14-30(45-22-24-7-3-2-4-8-24)34-33(25)37(38,35(28)46-34)17-18-39(31)21-23-11-12-23/h2-10,13-14,23,28-29,31,35,43H,11-12,15-22H2,1H3/t28-,29?,31+,35+,37+,38-/m1/s1. The molecule has 9 rings (SSSR count). The molecular weight excluding hydrogens is 580 g/mol. The maximum Gasteiger partial charge on any atom is 0.307 e. The highest BCUT2D eigenvalue weighted by Crippen LogP contribution is 2.66. The summed E-state index contributed by atoms with van der Waals surface area (Å²) in [6, 6.07) is 21.1. The van der Waals surface area contributed by atoms with E-state index in [1.807, 2.05) is 65.6 Å². The van der Waals surface area contributed by atoms with Gasteiger partial charge in [-0.15, -0.1) is 0 Å². The molecule has 6 aliphatic rings. The number of carbonyl (C=O) groups is 2. The lowest BCUT2D eigenvalue weighted by molar-refractivity contribution is -0.200. The summed E-state index contributed by atoms with van der Waals surface area (Å²) < 4.78 is 18.7. The second kappa shape index (κ2) is 10.3. The average molecular weight is 621 g/mol. The lowest BCUT2D eigenvalue weighted by Gasteiger charge is -2.65. The summed E-state index contributed by atoms with van der Waals surface area (Å²) in [5.41, 5.74) is 3.12. The van der Waals surface area contributed by atoms with Gasteiger partial charge in [-0.3, -0.25) is 14.5 Å². The summed E-state index contributed by atoms with van der Waals surface area (Å²) in [5, 5.41) is 13.1. The molecule has 8 nitrogen and oxygen atoms in total. The number of rotatable bonds is 8. The zero-order chi connectivity index (χ0) is 31.2. The maximum absolute atomic E-state index is 14.3. The van der Waals surface area contributed by atoms with Crippen LogP contribution in [0.3, 0.4) is 0 Å². The van der Waals surface area contributed by atoms with Crippen molar-refractivity contribution in [1.29, 1.82) is 0 Å². The maximum atomic E-state index is 14.3. The summed E-state index contributed by atoms with van der Waals surface area (Å²) in [5.74, 6) is 1.66. The second-order valence-corrected chi connectivity index (χ2v) is 14.2. The van der Waals surface area contributed by atoms with E-state index in [1.54, 1.807) is 0 Å². The van der Waals surface area contributed by atoms with Gasteiger partial charge < -0.3 is 24.2 Å². The van der Waals surface area contributed by atoms with Crippen molar-refractivity contribution in [2.24, 2.45) is 5.92 Å². The molecule has 3 heterocycles. The van der Waals surface area contributed by atoms with Crippen LogP contribution >= 0.6 is 0 Å². The number of likely N-dealkylation sites (tertiary alicyclic amines) is 1. The lowest BCUT2D eigenvalue weighted by Crippen LogP contribution is -2.78. The first-order valence-corrected chi connectivity index (χ1v) is 16.9. The smallest absolute Gasteiger partial charge is 0.307 e. The monoisotopic (exact) mass is 620 g/mol. The van der Waals surface area contributed by atoms with Crippen molar-refractivity contribution < 1.29 is 28.9 Å².